The zero-order valence-electron chi connectivity index (χ0n) is 16.3. The number of pyridine rings is 1. The number of benzene rings is 1. The molecule has 1 aromatic carbocycles. The van der Waals surface area contributed by atoms with E-state index in [0.29, 0.717) is 33.7 Å². The number of anilines is 1. The van der Waals surface area contributed by atoms with Crippen molar-refractivity contribution in [1.82, 2.24) is 23.7 Å². The van der Waals surface area contributed by atoms with Gasteiger partial charge in [-0.25, -0.2) is 4.79 Å². The standard InChI is InChI=1S/C20H18Cl2N6O2/c1-26-17-16(18(29)27(2)20(26)30)28(11-13-5-6-14(21)8-15(13)22)19(25-17)24-10-12-4-3-7-23-9-12/h3-9H,10-11H2,1-2H3,(H,24,25). The molecule has 0 bridgehead atoms. The van der Waals surface area contributed by atoms with Crippen molar-refractivity contribution >= 4 is 40.3 Å². The molecule has 4 aromatic rings. The largest absolute Gasteiger partial charge is 0.351 e. The van der Waals surface area contributed by atoms with E-state index < -0.39 is 11.2 Å². The SMILES string of the molecule is Cn1c(=O)c2c(nc(NCc3cccnc3)n2Cc2ccc(Cl)cc2Cl)n(C)c1=O. The van der Waals surface area contributed by atoms with E-state index in [2.05, 4.69) is 15.3 Å². The molecule has 0 saturated heterocycles. The molecule has 30 heavy (non-hydrogen) atoms. The zero-order valence-corrected chi connectivity index (χ0v) is 17.8. The molecule has 8 nitrogen and oxygen atoms in total. The normalized spacial score (nSPS) is 11.2. The van der Waals surface area contributed by atoms with Crippen LogP contribution in [0.2, 0.25) is 10.0 Å². The molecule has 0 radical (unpaired) electrons. The van der Waals surface area contributed by atoms with E-state index in [1.165, 1.54) is 11.6 Å². The Morgan fingerprint density at radius 2 is 1.90 bits per heavy atom. The third-order valence-electron chi connectivity index (χ3n) is 4.86. The lowest BCUT2D eigenvalue weighted by Crippen LogP contribution is -2.37. The summed E-state index contributed by atoms with van der Waals surface area (Å²) in [4.78, 5) is 34.0. The fraction of sp³-hybridized carbons (Fsp3) is 0.200. The van der Waals surface area contributed by atoms with E-state index in [0.717, 1.165) is 15.7 Å². The van der Waals surface area contributed by atoms with Gasteiger partial charge in [0.15, 0.2) is 11.2 Å². The summed E-state index contributed by atoms with van der Waals surface area (Å²) in [7, 11) is 3.03. The Balaban J connectivity index is 1.87. The van der Waals surface area contributed by atoms with Gasteiger partial charge in [-0.1, -0.05) is 35.3 Å². The van der Waals surface area contributed by atoms with Crippen LogP contribution >= 0.6 is 23.2 Å². The highest BCUT2D eigenvalue weighted by molar-refractivity contribution is 6.35. The first-order valence-corrected chi connectivity index (χ1v) is 9.85. The Bertz CT molecular complexity index is 1360. The summed E-state index contributed by atoms with van der Waals surface area (Å²) in [6.07, 6.45) is 3.44. The first-order chi connectivity index (χ1) is 14.4. The number of imidazole rings is 1. The Morgan fingerprint density at radius 1 is 1.10 bits per heavy atom. The Labute approximate surface area is 181 Å². The van der Waals surface area contributed by atoms with Crippen molar-refractivity contribution in [3.63, 3.8) is 0 Å². The van der Waals surface area contributed by atoms with Gasteiger partial charge in [-0.3, -0.25) is 23.5 Å². The van der Waals surface area contributed by atoms with Crippen LogP contribution in [0.3, 0.4) is 0 Å². The Hall–Kier alpha value is -3.10. The predicted octanol–water partition coefficient (Wildman–Crippen LogP) is 2.80. The first-order valence-electron chi connectivity index (χ1n) is 9.09. The van der Waals surface area contributed by atoms with E-state index in [1.807, 2.05) is 12.1 Å². The fourth-order valence-corrected chi connectivity index (χ4v) is 3.71. The number of aromatic nitrogens is 5. The van der Waals surface area contributed by atoms with Crippen LogP contribution in [0.4, 0.5) is 5.95 Å². The summed E-state index contributed by atoms with van der Waals surface area (Å²) in [6, 6.07) is 8.95. The van der Waals surface area contributed by atoms with E-state index >= 15 is 0 Å². The van der Waals surface area contributed by atoms with Crippen molar-refractivity contribution in [2.75, 3.05) is 5.32 Å². The lowest BCUT2D eigenvalue weighted by molar-refractivity contribution is 0.702. The highest BCUT2D eigenvalue weighted by atomic mass is 35.5. The molecule has 4 rings (SSSR count). The van der Waals surface area contributed by atoms with Crippen molar-refractivity contribution in [2.24, 2.45) is 14.1 Å². The Kier molecular flexibility index (Phi) is 5.36. The molecule has 0 saturated carbocycles. The lowest BCUT2D eigenvalue weighted by Gasteiger charge is -2.12. The average Bonchev–Trinajstić information content (AvgIpc) is 3.10. The van der Waals surface area contributed by atoms with Gasteiger partial charge in [0, 0.05) is 43.1 Å². The number of fused-ring (bicyclic) bond motifs is 1. The first kappa shape index (κ1) is 20.2. The van der Waals surface area contributed by atoms with Gasteiger partial charge in [-0.2, -0.15) is 4.98 Å². The van der Waals surface area contributed by atoms with Gasteiger partial charge < -0.3 is 5.32 Å². The zero-order chi connectivity index (χ0) is 21.4. The van der Waals surface area contributed by atoms with E-state index in [4.69, 9.17) is 23.2 Å². The summed E-state index contributed by atoms with van der Waals surface area (Å²) in [5.74, 6) is 0.443. The predicted molar refractivity (Wildman–Crippen MR) is 117 cm³/mol. The molecule has 0 atom stereocenters. The van der Waals surface area contributed by atoms with Crippen molar-refractivity contribution in [3.8, 4) is 0 Å². The van der Waals surface area contributed by atoms with Gasteiger partial charge in [0.25, 0.3) is 5.56 Å². The van der Waals surface area contributed by atoms with Gasteiger partial charge >= 0.3 is 5.69 Å². The quantitative estimate of drug-likeness (QED) is 0.511. The van der Waals surface area contributed by atoms with Crippen molar-refractivity contribution in [3.05, 3.63) is 84.7 Å². The third kappa shape index (κ3) is 3.59. The molecule has 3 heterocycles. The fourth-order valence-electron chi connectivity index (χ4n) is 3.24. The van der Waals surface area contributed by atoms with E-state index in [9.17, 15) is 9.59 Å². The number of nitrogens with zero attached hydrogens (tertiary/aromatic N) is 5. The summed E-state index contributed by atoms with van der Waals surface area (Å²) >= 11 is 12.4. The van der Waals surface area contributed by atoms with Crippen LogP contribution in [0.5, 0.6) is 0 Å². The molecule has 1 N–H and O–H groups in total. The van der Waals surface area contributed by atoms with Crippen molar-refractivity contribution in [2.45, 2.75) is 13.1 Å². The smallest absolute Gasteiger partial charge is 0.332 e. The van der Waals surface area contributed by atoms with Gasteiger partial charge in [-0.05, 0) is 29.3 Å². The van der Waals surface area contributed by atoms with E-state index in [1.54, 1.807) is 42.2 Å². The van der Waals surface area contributed by atoms with Gasteiger partial charge in [0.1, 0.15) is 0 Å². The second-order valence-electron chi connectivity index (χ2n) is 6.85. The molecule has 154 valence electrons. The lowest BCUT2D eigenvalue weighted by atomic mass is 10.2. The molecule has 0 aliphatic heterocycles. The van der Waals surface area contributed by atoms with Crippen molar-refractivity contribution < 1.29 is 0 Å². The molecular formula is C20H18Cl2N6O2. The molecule has 0 aliphatic rings. The monoisotopic (exact) mass is 444 g/mol. The molecular weight excluding hydrogens is 427 g/mol. The molecule has 0 spiro atoms. The van der Waals surface area contributed by atoms with Gasteiger partial charge in [-0.15, -0.1) is 0 Å². The summed E-state index contributed by atoms with van der Waals surface area (Å²) < 4.78 is 4.14. The minimum atomic E-state index is -0.444. The number of aryl methyl sites for hydroxylation is 1. The average molecular weight is 445 g/mol. The topological polar surface area (TPSA) is 86.7 Å². The van der Waals surface area contributed by atoms with Crippen LogP contribution in [-0.2, 0) is 27.2 Å². The van der Waals surface area contributed by atoms with Crippen LogP contribution in [0.25, 0.3) is 11.2 Å². The Morgan fingerprint density at radius 3 is 2.60 bits per heavy atom. The number of rotatable bonds is 5. The summed E-state index contributed by atoms with van der Waals surface area (Å²) in [6.45, 7) is 0.717. The molecule has 0 amide bonds. The minimum absolute atomic E-state index is 0.273. The second-order valence-corrected chi connectivity index (χ2v) is 7.69. The maximum absolute atomic E-state index is 12.9. The summed E-state index contributed by atoms with van der Waals surface area (Å²) in [5, 5.41) is 4.24. The van der Waals surface area contributed by atoms with Crippen LogP contribution in [0, 0.1) is 0 Å². The van der Waals surface area contributed by atoms with Crippen LogP contribution in [0.1, 0.15) is 11.1 Å². The molecule has 0 fully saturated rings. The van der Waals surface area contributed by atoms with Crippen molar-refractivity contribution in [1.29, 1.82) is 0 Å². The molecule has 0 aliphatic carbocycles. The highest BCUT2D eigenvalue weighted by Gasteiger charge is 2.20. The molecule has 3 aromatic heterocycles. The van der Waals surface area contributed by atoms with E-state index in [-0.39, 0.29) is 6.54 Å². The van der Waals surface area contributed by atoms with Crippen LogP contribution < -0.4 is 16.6 Å². The van der Waals surface area contributed by atoms with Crippen LogP contribution in [-0.4, -0.2) is 23.7 Å². The minimum Gasteiger partial charge on any atom is -0.351 e. The maximum atomic E-state index is 12.9. The number of nitrogens with one attached hydrogen (secondary N) is 1. The van der Waals surface area contributed by atoms with Crippen LogP contribution in [0.15, 0.2) is 52.3 Å². The number of hydrogen-bond donors (Lipinski definition) is 1. The number of halogens is 2. The molecule has 0 unspecified atom stereocenters. The third-order valence-corrected chi connectivity index (χ3v) is 5.45. The second kappa shape index (κ2) is 7.97. The van der Waals surface area contributed by atoms with Gasteiger partial charge in [0.05, 0.1) is 6.54 Å². The van der Waals surface area contributed by atoms with Gasteiger partial charge in [0.2, 0.25) is 5.95 Å². The summed E-state index contributed by atoms with van der Waals surface area (Å²) in [5.41, 5.74) is 1.44. The maximum Gasteiger partial charge on any atom is 0.332 e. The highest BCUT2D eigenvalue weighted by Crippen LogP contribution is 2.25. The molecule has 10 heteroatoms. The number of hydrogen-bond acceptors (Lipinski definition) is 5.